The number of benzene rings is 3. The number of phosphoric ester groups is 2. The number of aryl methyl sites for hydroxylation is 2. The van der Waals surface area contributed by atoms with Crippen LogP contribution in [0.1, 0.15) is 32.6 Å². The monoisotopic (exact) mass is 592 g/mol. The van der Waals surface area contributed by atoms with Gasteiger partial charge in [0, 0.05) is 16.5 Å². The zero-order valence-corrected chi connectivity index (χ0v) is 23.8. The SMILES string of the molecule is COc1ccc(-c2oc3c(OP(=O)(O)O)c(C)ccc3c2C(=O)c2cc(C)c(C)c(OC)c2)cc1OP(=O)(O)O. The summed E-state index contributed by atoms with van der Waals surface area (Å²) in [5, 5.41) is 0.180. The van der Waals surface area contributed by atoms with Crippen molar-refractivity contribution in [1.29, 1.82) is 0 Å². The van der Waals surface area contributed by atoms with Crippen LogP contribution in [0.2, 0.25) is 0 Å². The van der Waals surface area contributed by atoms with Crippen molar-refractivity contribution in [3.63, 3.8) is 0 Å². The number of carbonyl (C=O) groups is 1. The number of hydrogen-bond donors (Lipinski definition) is 4. The molecule has 0 aliphatic heterocycles. The Morgan fingerprint density at radius 3 is 2.02 bits per heavy atom. The van der Waals surface area contributed by atoms with E-state index in [0.29, 0.717) is 11.3 Å². The third kappa shape index (κ3) is 5.93. The summed E-state index contributed by atoms with van der Waals surface area (Å²) in [5.41, 5.74) is 2.21. The summed E-state index contributed by atoms with van der Waals surface area (Å²) >= 11 is 0. The van der Waals surface area contributed by atoms with E-state index in [1.54, 1.807) is 25.1 Å². The predicted molar refractivity (Wildman–Crippen MR) is 144 cm³/mol. The predicted octanol–water partition coefficient (Wildman–Crippen LogP) is 5.22. The van der Waals surface area contributed by atoms with Crippen LogP contribution in [0, 0.1) is 20.8 Å². The Kier molecular flexibility index (Phi) is 7.88. The fourth-order valence-electron chi connectivity index (χ4n) is 4.23. The number of rotatable bonds is 9. The molecule has 212 valence electrons. The lowest BCUT2D eigenvalue weighted by atomic mass is 9.94. The maximum atomic E-state index is 14.1. The molecular formula is C26H26O12P2. The number of phosphoric acid groups is 2. The van der Waals surface area contributed by atoms with Crippen LogP contribution in [0.4, 0.5) is 0 Å². The zero-order valence-electron chi connectivity index (χ0n) is 22.0. The van der Waals surface area contributed by atoms with Gasteiger partial charge in [0.05, 0.1) is 19.8 Å². The standard InChI is InChI=1S/C26H26O12P2/c1-13-6-8-18-22(23(27)17-10-14(2)15(3)20(12-17)35-5)25(36-26(18)24(13)38-40(31,32)33)16-7-9-19(34-4)21(11-16)37-39(28,29)30/h6-12H,1-5H3,(H2,28,29,30)(H2,31,32,33). The number of fused-ring (bicyclic) bond motifs is 1. The Morgan fingerprint density at radius 1 is 0.775 bits per heavy atom. The van der Waals surface area contributed by atoms with Crippen molar-refractivity contribution in [3.05, 3.63) is 70.3 Å². The molecule has 0 bridgehead atoms. The van der Waals surface area contributed by atoms with E-state index in [-0.39, 0.29) is 50.7 Å². The van der Waals surface area contributed by atoms with Gasteiger partial charge >= 0.3 is 15.6 Å². The molecule has 14 heteroatoms. The first kappa shape index (κ1) is 29.4. The second kappa shape index (κ2) is 10.7. The van der Waals surface area contributed by atoms with Crippen LogP contribution >= 0.6 is 15.6 Å². The van der Waals surface area contributed by atoms with Gasteiger partial charge in [0.1, 0.15) is 11.5 Å². The fraction of sp³-hybridized carbons (Fsp3) is 0.192. The lowest BCUT2D eigenvalue weighted by Gasteiger charge is -2.13. The molecule has 0 spiro atoms. The Hall–Kier alpha value is -3.63. The lowest BCUT2D eigenvalue weighted by molar-refractivity contribution is 0.103. The van der Waals surface area contributed by atoms with Gasteiger partial charge in [-0.25, -0.2) is 9.13 Å². The van der Waals surface area contributed by atoms with E-state index in [1.807, 2.05) is 13.8 Å². The van der Waals surface area contributed by atoms with Crippen molar-refractivity contribution < 1.29 is 56.4 Å². The van der Waals surface area contributed by atoms with Gasteiger partial charge in [-0.1, -0.05) is 6.07 Å². The second-order valence-corrected chi connectivity index (χ2v) is 11.2. The highest BCUT2D eigenvalue weighted by Crippen LogP contribution is 2.48. The van der Waals surface area contributed by atoms with Crippen LogP contribution in [0.5, 0.6) is 23.0 Å². The molecular weight excluding hydrogens is 566 g/mol. The van der Waals surface area contributed by atoms with Crippen molar-refractivity contribution in [2.45, 2.75) is 20.8 Å². The molecule has 1 aromatic heterocycles. The normalized spacial score (nSPS) is 11.9. The highest BCUT2D eigenvalue weighted by Gasteiger charge is 2.30. The first-order chi connectivity index (χ1) is 18.6. The largest absolute Gasteiger partial charge is 0.524 e. The van der Waals surface area contributed by atoms with Crippen LogP contribution in [0.15, 0.2) is 46.9 Å². The van der Waals surface area contributed by atoms with Crippen molar-refractivity contribution in [3.8, 4) is 34.3 Å². The van der Waals surface area contributed by atoms with Crippen LogP contribution in [-0.4, -0.2) is 39.6 Å². The van der Waals surface area contributed by atoms with Gasteiger partial charge in [-0.2, -0.15) is 0 Å². The Bertz CT molecular complexity index is 1730. The highest BCUT2D eigenvalue weighted by molar-refractivity contribution is 7.47. The number of ketones is 1. The van der Waals surface area contributed by atoms with E-state index >= 15 is 0 Å². The topological polar surface area (TPSA) is 182 Å². The number of methoxy groups -OCH3 is 2. The van der Waals surface area contributed by atoms with E-state index in [1.165, 1.54) is 38.5 Å². The molecule has 0 aliphatic carbocycles. The molecule has 12 nitrogen and oxygen atoms in total. The quantitative estimate of drug-likeness (QED) is 0.147. The van der Waals surface area contributed by atoms with Crippen molar-refractivity contribution in [2.75, 3.05) is 14.2 Å². The van der Waals surface area contributed by atoms with E-state index in [4.69, 9.17) is 22.9 Å². The first-order valence-electron chi connectivity index (χ1n) is 11.6. The smallest absolute Gasteiger partial charge is 0.496 e. The Balaban J connectivity index is 2.05. The van der Waals surface area contributed by atoms with E-state index in [9.17, 15) is 33.5 Å². The van der Waals surface area contributed by atoms with E-state index in [0.717, 1.165) is 11.1 Å². The molecule has 1 heterocycles. The number of hydrogen-bond acceptors (Lipinski definition) is 8. The van der Waals surface area contributed by atoms with Gasteiger partial charge in [0.2, 0.25) is 0 Å². The summed E-state index contributed by atoms with van der Waals surface area (Å²) in [6.45, 7) is 5.20. The maximum Gasteiger partial charge on any atom is 0.524 e. The third-order valence-electron chi connectivity index (χ3n) is 6.19. The van der Waals surface area contributed by atoms with Gasteiger partial charge < -0.3 is 22.9 Å². The first-order valence-corrected chi connectivity index (χ1v) is 14.6. The van der Waals surface area contributed by atoms with Gasteiger partial charge in [0.15, 0.2) is 28.6 Å². The van der Waals surface area contributed by atoms with Crippen LogP contribution in [0.25, 0.3) is 22.3 Å². The molecule has 0 saturated carbocycles. The molecule has 0 unspecified atom stereocenters. The van der Waals surface area contributed by atoms with E-state index < -0.39 is 21.4 Å². The number of furan rings is 1. The molecule has 40 heavy (non-hydrogen) atoms. The van der Waals surface area contributed by atoms with Gasteiger partial charge in [-0.05, 0) is 73.9 Å². The summed E-state index contributed by atoms with van der Waals surface area (Å²) in [7, 11) is -7.28. The Labute approximate surface area is 228 Å². The molecule has 0 radical (unpaired) electrons. The molecule has 4 rings (SSSR count). The average molecular weight is 592 g/mol. The summed E-state index contributed by atoms with van der Waals surface area (Å²) < 4.78 is 49.7. The van der Waals surface area contributed by atoms with Gasteiger partial charge in [0.25, 0.3) is 0 Å². The van der Waals surface area contributed by atoms with Crippen LogP contribution in [0.3, 0.4) is 0 Å². The molecule has 0 aliphatic rings. The van der Waals surface area contributed by atoms with Gasteiger partial charge in [-0.15, -0.1) is 0 Å². The highest BCUT2D eigenvalue weighted by atomic mass is 31.2. The molecule has 0 saturated heterocycles. The number of ether oxygens (including phenoxy) is 2. The minimum Gasteiger partial charge on any atom is -0.496 e. The molecule has 4 aromatic rings. The van der Waals surface area contributed by atoms with Crippen LogP contribution < -0.4 is 18.5 Å². The lowest BCUT2D eigenvalue weighted by Crippen LogP contribution is -2.05. The Morgan fingerprint density at radius 2 is 1.43 bits per heavy atom. The van der Waals surface area contributed by atoms with Crippen molar-refractivity contribution >= 4 is 32.4 Å². The molecule has 0 amide bonds. The summed E-state index contributed by atoms with van der Waals surface area (Å²) in [6, 6.07) is 10.3. The van der Waals surface area contributed by atoms with Crippen molar-refractivity contribution in [1.82, 2.24) is 0 Å². The minimum absolute atomic E-state index is 0.00293. The number of carbonyl (C=O) groups excluding carboxylic acids is 1. The van der Waals surface area contributed by atoms with Gasteiger partial charge in [-0.3, -0.25) is 24.4 Å². The summed E-state index contributed by atoms with van der Waals surface area (Å²) in [5.74, 6) is -0.727. The molecule has 4 N–H and O–H groups in total. The molecule has 0 fully saturated rings. The molecule has 3 aromatic carbocycles. The summed E-state index contributed by atoms with van der Waals surface area (Å²) in [4.78, 5) is 51.9. The van der Waals surface area contributed by atoms with Crippen LogP contribution in [-0.2, 0) is 9.13 Å². The summed E-state index contributed by atoms with van der Waals surface area (Å²) in [6.07, 6.45) is 0. The zero-order chi connectivity index (χ0) is 29.6. The second-order valence-electron chi connectivity index (χ2n) is 8.87. The van der Waals surface area contributed by atoms with E-state index in [2.05, 4.69) is 0 Å². The average Bonchev–Trinajstić information content (AvgIpc) is 3.25. The van der Waals surface area contributed by atoms with Crippen molar-refractivity contribution in [2.24, 2.45) is 0 Å². The fourth-order valence-corrected chi connectivity index (χ4v) is 5.09. The third-order valence-corrected chi connectivity index (χ3v) is 7.05. The maximum absolute atomic E-state index is 14.1. The molecule has 0 atom stereocenters. The minimum atomic E-state index is -5.03.